The summed E-state index contributed by atoms with van der Waals surface area (Å²) in [6, 6.07) is 5.72. The molecule has 4 aromatic rings. The quantitative estimate of drug-likeness (QED) is 0.184. The molecular weight excluding hydrogens is 626 g/mol. The van der Waals surface area contributed by atoms with Crippen LogP contribution in [0.3, 0.4) is 0 Å². The Labute approximate surface area is 284 Å². The van der Waals surface area contributed by atoms with Crippen LogP contribution in [0.25, 0.3) is 44.9 Å². The van der Waals surface area contributed by atoms with Crippen molar-refractivity contribution in [2.75, 3.05) is 0 Å². The summed E-state index contributed by atoms with van der Waals surface area (Å²) in [4.78, 5) is 44.8. The van der Waals surface area contributed by atoms with Gasteiger partial charge in [0.15, 0.2) is 0 Å². The SMILES string of the molecule is C1CCC2=C(C1)c1nc2nc2[n-]c(nc3nc(nc4[n-]c(n1)c1c4CCCC1)C1=C3CCCC1)c1c2CCCC1.[Fe+2].c1ccncc1. The zero-order valence-corrected chi connectivity index (χ0v) is 27.7. The summed E-state index contributed by atoms with van der Waals surface area (Å²) in [5.41, 5.74) is 13.2. The topological polar surface area (TPSA) is 118 Å². The van der Waals surface area contributed by atoms with Gasteiger partial charge in [0.05, 0.1) is 23.3 Å². The van der Waals surface area contributed by atoms with Crippen molar-refractivity contribution in [3.8, 4) is 0 Å². The van der Waals surface area contributed by atoms with Crippen molar-refractivity contribution in [2.45, 2.75) is 103 Å². The van der Waals surface area contributed by atoms with E-state index in [2.05, 4.69) is 4.98 Å². The van der Waals surface area contributed by atoms with Crippen LogP contribution in [0.2, 0.25) is 0 Å². The second-order valence-electron chi connectivity index (χ2n) is 13.2. The first kappa shape index (κ1) is 30.3. The molecule has 0 atom stereocenters. The van der Waals surface area contributed by atoms with Gasteiger partial charge in [0.2, 0.25) is 0 Å². The Balaban J connectivity index is 0.000000420. The largest absolute Gasteiger partial charge is 2.00 e. The molecule has 6 aliphatic rings. The Morgan fingerprint density at radius 3 is 0.915 bits per heavy atom. The van der Waals surface area contributed by atoms with Crippen molar-refractivity contribution in [1.29, 1.82) is 0 Å². The average molecular weight is 664 g/mol. The third kappa shape index (κ3) is 5.55. The molecule has 0 aromatic carbocycles. The van der Waals surface area contributed by atoms with E-state index in [4.69, 9.17) is 39.9 Å². The van der Waals surface area contributed by atoms with Crippen LogP contribution < -0.4 is 9.97 Å². The van der Waals surface area contributed by atoms with Crippen molar-refractivity contribution >= 4 is 44.9 Å². The minimum absolute atomic E-state index is 0. The van der Waals surface area contributed by atoms with E-state index in [0.29, 0.717) is 0 Å². The number of nitrogens with zero attached hydrogens (tertiary/aromatic N) is 9. The molecule has 8 bridgehead atoms. The number of aryl methyl sites for hydroxylation is 4. The molecule has 0 saturated heterocycles. The molecule has 10 heteroatoms. The summed E-state index contributed by atoms with van der Waals surface area (Å²) in [6.07, 6.45) is 20.8. The second-order valence-corrected chi connectivity index (χ2v) is 13.2. The molecule has 0 spiro atoms. The second kappa shape index (κ2) is 12.9. The minimum atomic E-state index is 0. The van der Waals surface area contributed by atoms with Gasteiger partial charge in [-0.1, -0.05) is 6.07 Å². The van der Waals surface area contributed by atoms with Gasteiger partial charge in [0.1, 0.15) is 0 Å². The predicted octanol–water partition coefficient (Wildman–Crippen LogP) is 6.96. The minimum Gasteiger partial charge on any atom is -0.358 e. The molecule has 0 N–H and O–H groups in total. The van der Waals surface area contributed by atoms with E-state index in [1.54, 1.807) is 12.4 Å². The Hall–Kier alpha value is -4.01. The maximum Gasteiger partial charge on any atom is 2.00 e. The number of hydrogen-bond donors (Lipinski definition) is 0. The number of rotatable bonds is 0. The maximum absolute atomic E-state index is 5.17. The van der Waals surface area contributed by atoms with E-state index in [-0.39, 0.29) is 17.1 Å². The molecule has 4 aromatic heterocycles. The van der Waals surface area contributed by atoms with Crippen LogP contribution in [0.15, 0.2) is 30.6 Å². The van der Waals surface area contributed by atoms with Gasteiger partial charge in [0.25, 0.3) is 0 Å². The Morgan fingerprint density at radius 1 is 0.362 bits per heavy atom. The molecule has 0 unspecified atom stereocenters. The average Bonchev–Trinajstić information content (AvgIpc) is 3.85. The van der Waals surface area contributed by atoms with Gasteiger partial charge >= 0.3 is 17.1 Å². The van der Waals surface area contributed by atoms with Gasteiger partial charge in [-0.2, -0.15) is 0 Å². The number of pyridine rings is 1. The summed E-state index contributed by atoms with van der Waals surface area (Å²) >= 11 is 0. The fraction of sp³-hybridized carbons (Fsp3) is 0.432. The van der Waals surface area contributed by atoms with Crippen molar-refractivity contribution < 1.29 is 17.1 Å². The van der Waals surface area contributed by atoms with Gasteiger partial charge < -0.3 is 29.9 Å². The molecule has 238 valence electrons. The molecule has 47 heavy (non-hydrogen) atoms. The first-order valence-electron chi connectivity index (χ1n) is 17.3. The fourth-order valence-corrected chi connectivity index (χ4v) is 7.99. The predicted molar refractivity (Wildman–Crippen MR) is 178 cm³/mol. The van der Waals surface area contributed by atoms with E-state index in [9.17, 15) is 0 Å². The van der Waals surface area contributed by atoms with E-state index in [0.717, 1.165) is 149 Å². The molecule has 10 rings (SSSR count). The molecule has 0 fully saturated rings. The number of aromatic nitrogens is 9. The molecule has 9 nitrogen and oxygen atoms in total. The van der Waals surface area contributed by atoms with E-state index in [1.165, 1.54) is 44.5 Å². The van der Waals surface area contributed by atoms with Gasteiger partial charge in [0, 0.05) is 35.0 Å². The first-order chi connectivity index (χ1) is 22.8. The van der Waals surface area contributed by atoms with Crippen molar-refractivity contribution in [2.24, 2.45) is 0 Å². The van der Waals surface area contributed by atoms with Crippen LogP contribution >= 0.6 is 0 Å². The number of allylic oxidation sites excluding steroid dienone is 4. The van der Waals surface area contributed by atoms with Gasteiger partial charge in [-0.05, 0) is 159 Å². The smallest absolute Gasteiger partial charge is 0.358 e. The summed E-state index contributed by atoms with van der Waals surface area (Å²) < 4.78 is 0. The standard InChI is InChI=1S/C32H32N8.C5H5N.Fe/c1-2-10-18-17(9-1)25-33-26(18)38-28-21-13-5-6-14-22(21)30(35-28)40-32-24-16-8-7-15-23(24)31(36-32)39-29-20-12-4-3-11-19(20)27(34-29)37-25;1-2-4-6-5-3-1;/h1-16H2;1-5H;/q-2;;+2. The molecule has 4 aliphatic carbocycles. The van der Waals surface area contributed by atoms with E-state index in [1.807, 2.05) is 18.2 Å². The van der Waals surface area contributed by atoms with Crippen molar-refractivity contribution in [3.63, 3.8) is 0 Å². The van der Waals surface area contributed by atoms with Gasteiger partial charge in [-0.25, -0.2) is 9.97 Å². The molecule has 6 heterocycles. The zero-order chi connectivity index (χ0) is 30.5. The van der Waals surface area contributed by atoms with Gasteiger partial charge in [-0.3, -0.25) is 4.98 Å². The summed E-state index contributed by atoms with van der Waals surface area (Å²) in [6.45, 7) is 0. The Bertz CT molecular complexity index is 1790. The van der Waals surface area contributed by atoms with Crippen LogP contribution in [0.5, 0.6) is 0 Å². The normalized spacial score (nSPS) is 18.2. The maximum atomic E-state index is 5.17. The summed E-state index contributed by atoms with van der Waals surface area (Å²) in [5, 5.41) is 0. The molecule has 0 radical (unpaired) electrons. The molecule has 2 aliphatic heterocycles. The summed E-state index contributed by atoms with van der Waals surface area (Å²) in [5.74, 6) is 3.20. The zero-order valence-electron chi connectivity index (χ0n) is 26.6. The van der Waals surface area contributed by atoms with Crippen LogP contribution in [0.1, 0.15) is 123 Å². The first-order valence-corrected chi connectivity index (χ1v) is 17.3. The van der Waals surface area contributed by atoms with Crippen LogP contribution in [0.4, 0.5) is 0 Å². The molecule has 0 saturated carbocycles. The molecular formula is C37H37FeN9. The van der Waals surface area contributed by atoms with Crippen LogP contribution in [-0.2, 0) is 42.8 Å². The number of hydrogen-bond acceptors (Lipinski definition) is 7. The monoisotopic (exact) mass is 663 g/mol. The van der Waals surface area contributed by atoms with Crippen LogP contribution in [-0.4, -0.2) is 34.9 Å². The van der Waals surface area contributed by atoms with Crippen molar-refractivity contribution in [1.82, 2.24) is 44.9 Å². The van der Waals surface area contributed by atoms with Crippen LogP contribution in [0, 0.1) is 0 Å². The fourth-order valence-electron chi connectivity index (χ4n) is 7.99. The number of fused-ring (bicyclic) bond motifs is 18. The van der Waals surface area contributed by atoms with Crippen molar-refractivity contribution in [3.05, 3.63) is 76.1 Å². The summed E-state index contributed by atoms with van der Waals surface area (Å²) in [7, 11) is 0. The van der Waals surface area contributed by atoms with E-state index >= 15 is 0 Å². The molecule has 0 amide bonds. The third-order valence-electron chi connectivity index (χ3n) is 10.3. The Morgan fingerprint density at radius 2 is 0.660 bits per heavy atom. The third-order valence-corrected chi connectivity index (χ3v) is 10.3. The Kier molecular flexibility index (Phi) is 8.32. The van der Waals surface area contributed by atoms with Gasteiger partial charge in [-0.15, -0.1) is 0 Å². The van der Waals surface area contributed by atoms with E-state index < -0.39 is 0 Å².